The third kappa shape index (κ3) is 4.25. The number of hydrogen-bond donors (Lipinski definition) is 1. The average Bonchev–Trinajstić information content (AvgIpc) is 2.98. The molecular formula is C18H14BrF2N3O2S. The van der Waals surface area contributed by atoms with Gasteiger partial charge in [-0.2, -0.15) is 5.10 Å². The molecule has 1 aromatic heterocycles. The van der Waals surface area contributed by atoms with Crippen molar-refractivity contribution in [2.75, 3.05) is 7.11 Å². The van der Waals surface area contributed by atoms with Gasteiger partial charge in [0.05, 0.1) is 23.5 Å². The maximum absolute atomic E-state index is 13.9. The van der Waals surface area contributed by atoms with Crippen LogP contribution in [-0.4, -0.2) is 23.1 Å². The van der Waals surface area contributed by atoms with Crippen LogP contribution in [-0.2, 0) is 0 Å². The molecule has 0 fully saturated rings. The second kappa shape index (κ2) is 8.01. The Morgan fingerprint density at radius 3 is 2.74 bits per heavy atom. The average molecular weight is 454 g/mol. The monoisotopic (exact) mass is 453 g/mol. The van der Waals surface area contributed by atoms with E-state index in [0.29, 0.717) is 20.6 Å². The number of benzene rings is 2. The van der Waals surface area contributed by atoms with Gasteiger partial charge in [0.25, 0.3) is 0 Å². The van der Waals surface area contributed by atoms with Gasteiger partial charge in [0, 0.05) is 11.4 Å². The van der Waals surface area contributed by atoms with E-state index in [0.717, 1.165) is 17.8 Å². The maximum Gasteiger partial charge on any atom is 0.211 e. The molecule has 5 nitrogen and oxygen atoms in total. The molecule has 140 valence electrons. The summed E-state index contributed by atoms with van der Waals surface area (Å²) in [6.45, 7) is 1.83. The molecule has 3 aromatic rings. The van der Waals surface area contributed by atoms with Gasteiger partial charge in [0.1, 0.15) is 11.5 Å². The zero-order valence-corrected chi connectivity index (χ0v) is 16.7. The molecule has 0 aliphatic heterocycles. The highest BCUT2D eigenvalue weighted by Crippen LogP contribution is 2.34. The van der Waals surface area contributed by atoms with Gasteiger partial charge in [-0.25, -0.2) is 18.4 Å². The lowest BCUT2D eigenvalue weighted by Gasteiger charge is -2.06. The van der Waals surface area contributed by atoms with E-state index in [4.69, 9.17) is 4.74 Å². The van der Waals surface area contributed by atoms with Gasteiger partial charge in [0.15, 0.2) is 17.3 Å². The quantitative estimate of drug-likeness (QED) is 0.580. The van der Waals surface area contributed by atoms with Crippen LogP contribution in [0.2, 0.25) is 0 Å². The summed E-state index contributed by atoms with van der Waals surface area (Å²) >= 11 is 4.54. The van der Waals surface area contributed by atoms with E-state index in [2.05, 4.69) is 26.0 Å². The molecular weight excluding hydrogens is 440 g/mol. The van der Waals surface area contributed by atoms with Gasteiger partial charge in [-0.15, -0.1) is 11.3 Å². The summed E-state index contributed by atoms with van der Waals surface area (Å²) in [6, 6.07) is 6.52. The molecule has 1 heterocycles. The van der Waals surface area contributed by atoms with Crippen LogP contribution < -0.4 is 9.54 Å². The van der Waals surface area contributed by atoms with Gasteiger partial charge >= 0.3 is 0 Å². The highest BCUT2D eigenvalue weighted by atomic mass is 79.9. The van der Waals surface area contributed by atoms with Crippen molar-refractivity contribution in [2.24, 2.45) is 10.1 Å². The topological polar surface area (TPSA) is 59.1 Å². The van der Waals surface area contributed by atoms with E-state index in [1.54, 1.807) is 23.0 Å². The fourth-order valence-corrected chi connectivity index (χ4v) is 3.50. The first kappa shape index (κ1) is 19.2. The first-order valence-electron chi connectivity index (χ1n) is 7.67. The van der Waals surface area contributed by atoms with E-state index in [-0.39, 0.29) is 11.4 Å². The van der Waals surface area contributed by atoms with Crippen LogP contribution >= 0.6 is 27.3 Å². The van der Waals surface area contributed by atoms with Gasteiger partial charge in [0.2, 0.25) is 4.80 Å². The van der Waals surface area contributed by atoms with E-state index in [9.17, 15) is 13.9 Å². The lowest BCUT2D eigenvalue weighted by molar-refractivity contribution is 0.372. The Morgan fingerprint density at radius 1 is 1.26 bits per heavy atom. The minimum atomic E-state index is -0.746. The number of hydrogen-bond acceptors (Lipinski definition) is 5. The normalized spacial score (nSPS) is 12.1. The van der Waals surface area contributed by atoms with Crippen LogP contribution in [0, 0.1) is 18.6 Å². The molecule has 1 N–H and O–H groups in total. The summed E-state index contributed by atoms with van der Waals surface area (Å²) in [5, 5.41) is 16.1. The van der Waals surface area contributed by atoms with Crippen molar-refractivity contribution in [3.63, 3.8) is 0 Å². The maximum atomic E-state index is 13.9. The van der Waals surface area contributed by atoms with E-state index < -0.39 is 11.6 Å². The van der Waals surface area contributed by atoms with Crippen molar-refractivity contribution in [1.29, 1.82) is 0 Å². The Bertz CT molecular complexity index is 1090. The number of methoxy groups -OCH3 is 1. The molecule has 0 spiro atoms. The van der Waals surface area contributed by atoms with Crippen LogP contribution in [0.4, 0.5) is 14.5 Å². The van der Waals surface area contributed by atoms with Gasteiger partial charge in [-0.3, -0.25) is 0 Å². The highest BCUT2D eigenvalue weighted by Gasteiger charge is 2.08. The number of phenolic OH excluding ortho intramolecular Hbond substituents is 1. The van der Waals surface area contributed by atoms with Crippen molar-refractivity contribution < 1.29 is 18.6 Å². The largest absolute Gasteiger partial charge is 0.503 e. The van der Waals surface area contributed by atoms with Crippen molar-refractivity contribution in [3.8, 4) is 11.5 Å². The second-order valence-corrected chi connectivity index (χ2v) is 7.17. The Kier molecular flexibility index (Phi) is 5.71. The predicted octanol–water partition coefficient (Wildman–Crippen LogP) is 4.73. The molecule has 2 aromatic carbocycles. The van der Waals surface area contributed by atoms with Gasteiger partial charge in [-0.1, -0.05) is 0 Å². The third-order valence-electron chi connectivity index (χ3n) is 3.57. The standard InChI is InChI=1S/C18H14BrF2N3O2S/c1-10-9-27-18(23-15-4-3-12(20)7-14(15)21)24(10)22-8-11-5-13(19)17(25)16(6-11)26-2/h3-9,25H,1-2H3. The van der Waals surface area contributed by atoms with Crippen molar-refractivity contribution in [1.82, 2.24) is 4.68 Å². The van der Waals surface area contributed by atoms with Crippen LogP contribution in [0.3, 0.4) is 0 Å². The number of aromatic hydroxyl groups is 1. The van der Waals surface area contributed by atoms with E-state index >= 15 is 0 Å². The molecule has 0 amide bonds. The first-order chi connectivity index (χ1) is 12.9. The Labute approximate surface area is 166 Å². The Morgan fingerprint density at radius 2 is 2.04 bits per heavy atom. The summed E-state index contributed by atoms with van der Waals surface area (Å²) in [4.78, 5) is 4.66. The minimum absolute atomic E-state index is 0.00325. The summed E-state index contributed by atoms with van der Waals surface area (Å²) in [5.74, 6) is -1.11. The molecule has 0 aliphatic carbocycles. The molecule has 0 radical (unpaired) electrons. The highest BCUT2D eigenvalue weighted by molar-refractivity contribution is 9.10. The molecule has 3 rings (SSSR count). The van der Waals surface area contributed by atoms with Gasteiger partial charge < -0.3 is 9.84 Å². The van der Waals surface area contributed by atoms with Crippen LogP contribution in [0.15, 0.2) is 50.3 Å². The number of aryl methyl sites for hydroxylation is 1. The van der Waals surface area contributed by atoms with Crippen molar-refractivity contribution in [2.45, 2.75) is 6.92 Å². The minimum Gasteiger partial charge on any atom is -0.503 e. The molecule has 0 saturated heterocycles. The molecule has 0 aliphatic rings. The fraction of sp³-hybridized carbons (Fsp3) is 0.111. The number of ether oxygens (including phenoxy) is 1. The number of halogens is 3. The van der Waals surface area contributed by atoms with Crippen LogP contribution in [0.25, 0.3) is 0 Å². The number of thiazole rings is 1. The summed E-state index contributed by atoms with van der Waals surface area (Å²) in [7, 11) is 1.45. The van der Waals surface area contributed by atoms with Crippen molar-refractivity contribution >= 4 is 39.2 Å². The fourth-order valence-electron chi connectivity index (χ4n) is 2.23. The van der Waals surface area contributed by atoms with Crippen LogP contribution in [0.1, 0.15) is 11.3 Å². The first-order valence-corrected chi connectivity index (χ1v) is 9.34. The Hall–Kier alpha value is -2.52. The Balaban J connectivity index is 2.02. The summed E-state index contributed by atoms with van der Waals surface area (Å²) < 4.78 is 34.1. The summed E-state index contributed by atoms with van der Waals surface area (Å²) in [5.41, 5.74) is 1.49. The second-order valence-electron chi connectivity index (χ2n) is 5.48. The lowest BCUT2D eigenvalue weighted by atomic mass is 10.2. The SMILES string of the molecule is COc1cc(C=Nn2c(C)csc2=Nc2ccc(F)cc2F)cc(Br)c1O. The molecule has 0 bridgehead atoms. The zero-order chi connectivity index (χ0) is 19.6. The smallest absolute Gasteiger partial charge is 0.211 e. The number of nitrogens with zero attached hydrogens (tertiary/aromatic N) is 3. The molecule has 27 heavy (non-hydrogen) atoms. The summed E-state index contributed by atoms with van der Waals surface area (Å²) in [6.07, 6.45) is 1.56. The van der Waals surface area contributed by atoms with Gasteiger partial charge in [-0.05, 0) is 52.7 Å². The third-order valence-corrected chi connectivity index (χ3v) is 5.11. The predicted molar refractivity (Wildman–Crippen MR) is 104 cm³/mol. The molecule has 0 unspecified atom stereocenters. The molecule has 0 saturated carbocycles. The van der Waals surface area contributed by atoms with Crippen LogP contribution in [0.5, 0.6) is 11.5 Å². The lowest BCUT2D eigenvalue weighted by Crippen LogP contribution is -2.11. The number of phenols is 1. The van der Waals surface area contributed by atoms with E-state index in [1.165, 1.54) is 24.5 Å². The van der Waals surface area contributed by atoms with E-state index in [1.807, 2.05) is 12.3 Å². The molecule has 0 atom stereocenters. The number of rotatable bonds is 4. The molecule has 9 heteroatoms. The zero-order valence-electron chi connectivity index (χ0n) is 14.3. The van der Waals surface area contributed by atoms with Crippen molar-refractivity contribution in [3.05, 3.63) is 67.9 Å². The number of aromatic nitrogens is 1.